The maximum absolute atomic E-state index is 12.1. The normalized spacial score (nSPS) is 20.6. The Kier molecular flexibility index (Phi) is 7.16. The molecule has 5 heteroatoms. The van der Waals surface area contributed by atoms with Gasteiger partial charge in [-0.05, 0) is 38.1 Å². The van der Waals surface area contributed by atoms with Gasteiger partial charge in [0, 0.05) is 23.9 Å². The van der Waals surface area contributed by atoms with Crippen LogP contribution in [-0.4, -0.2) is 47.0 Å². The first-order valence-corrected chi connectivity index (χ1v) is 8.58. The zero-order valence-corrected chi connectivity index (χ0v) is 14.6. The van der Waals surface area contributed by atoms with Gasteiger partial charge in [-0.25, -0.2) is 0 Å². The van der Waals surface area contributed by atoms with E-state index < -0.39 is 0 Å². The van der Waals surface area contributed by atoms with Crippen LogP contribution in [0.25, 0.3) is 0 Å². The van der Waals surface area contributed by atoms with E-state index in [2.05, 4.69) is 26.1 Å². The lowest BCUT2D eigenvalue weighted by Crippen LogP contribution is -2.46. The van der Waals surface area contributed by atoms with Crippen molar-refractivity contribution in [2.75, 3.05) is 25.4 Å². The fourth-order valence-electron chi connectivity index (χ4n) is 2.36. The van der Waals surface area contributed by atoms with Crippen LogP contribution in [-0.2, 0) is 4.79 Å². The van der Waals surface area contributed by atoms with Crippen LogP contribution in [0.2, 0.25) is 0 Å². The molecule has 1 heterocycles. The predicted molar refractivity (Wildman–Crippen MR) is 89.8 cm³/mol. The van der Waals surface area contributed by atoms with Crippen LogP contribution in [0.4, 0.5) is 0 Å². The van der Waals surface area contributed by atoms with Gasteiger partial charge in [0.1, 0.15) is 0 Å². The van der Waals surface area contributed by atoms with Gasteiger partial charge in [0.15, 0.2) is 0 Å². The van der Waals surface area contributed by atoms with Gasteiger partial charge >= 0.3 is 0 Å². The van der Waals surface area contributed by atoms with Gasteiger partial charge in [0.05, 0.1) is 5.75 Å². The second kappa shape index (κ2) is 7.90. The summed E-state index contributed by atoms with van der Waals surface area (Å²) in [5.41, 5.74) is 0. The molecule has 0 aromatic rings. The van der Waals surface area contributed by atoms with Gasteiger partial charge in [-0.15, -0.1) is 24.2 Å². The largest absolute Gasteiger partial charge is 0.342 e. The van der Waals surface area contributed by atoms with E-state index in [4.69, 9.17) is 0 Å². The van der Waals surface area contributed by atoms with Crippen LogP contribution in [0.3, 0.4) is 0 Å². The molecule has 118 valence electrons. The van der Waals surface area contributed by atoms with E-state index >= 15 is 0 Å². The molecule has 1 aliphatic heterocycles. The Hall–Kier alpha value is 0.0700. The number of rotatable bonds is 5. The summed E-state index contributed by atoms with van der Waals surface area (Å²) >= 11 is 1.75. The third-order valence-electron chi connectivity index (χ3n) is 3.87. The van der Waals surface area contributed by atoms with Crippen LogP contribution >= 0.6 is 24.2 Å². The molecule has 1 saturated carbocycles. The molecule has 20 heavy (non-hydrogen) atoms. The van der Waals surface area contributed by atoms with Gasteiger partial charge < -0.3 is 10.2 Å². The fraction of sp³-hybridized carbons (Fsp3) is 0.933. The number of amides is 1. The molecule has 0 bridgehead atoms. The number of nitrogens with one attached hydrogen (secondary N) is 1. The number of thioether (sulfide) groups is 1. The maximum Gasteiger partial charge on any atom is 0.232 e. The molecule has 1 amide bonds. The monoisotopic (exact) mass is 320 g/mol. The van der Waals surface area contributed by atoms with E-state index in [0.717, 1.165) is 31.8 Å². The van der Waals surface area contributed by atoms with Gasteiger partial charge in [0.2, 0.25) is 5.91 Å². The first-order valence-electron chi connectivity index (χ1n) is 7.59. The highest BCUT2D eigenvalue weighted by Gasteiger charge is 2.26. The summed E-state index contributed by atoms with van der Waals surface area (Å²) in [5, 5.41) is 3.66. The lowest BCUT2D eigenvalue weighted by Gasteiger charge is -2.33. The molecule has 0 aromatic heterocycles. The molecule has 1 saturated heterocycles. The Labute approximate surface area is 134 Å². The second-order valence-corrected chi connectivity index (χ2v) is 8.71. The van der Waals surface area contributed by atoms with Crippen molar-refractivity contribution in [2.45, 2.75) is 57.2 Å². The zero-order valence-electron chi connectivity index (χ0n) is 13.0. The van der Waals surface area contributed by atoms with Crippen LogP contribution in [0.15, 0.2) is 0 Å². The van der Waals surface area contributed by atoms with Crippen molar-refractivity contribution in [1.82, 2.24) is 10.2 Å². The molecule has 3 nitrogen and oxygen atoms in total. The molecular formula is C15H29ClN2OS. The summed E-state index contributed by atoms with van der Waals surface area (Å²) < 4.78 is 0.180. The van der Waals surface area contributed by atoms with Crippen molar-refractivity contribution in [3.05, 3.63) is 0 Å². The Bertz CT molecular complexity index is 307. The van der Waals surface area contributed by atoms with Gasteiger partial charge in [0.25, 0.3) is 0 Å². The Balaban J connectivity index is 0.00000200. The standard InChI is InChI=1S/C15H28N2OS.ClH/c1-15(2,3)19-11-14(18)17-8-6-13(7-9-17)16-10-12-4-5-12;/h12-13,16H,4-11H2,1-3H3;1H. The molecule has 2 fully saturated rings. The van der Waals surface area contributed by atoms with Crippen LogP contribution in [0.1, 0.15) is 46.5 Å². The number of halogens is 1. The smallest absolute Gasteiger partial charge is 0.232 e. The van der Waals surface area contributed by atoms with Crippen LogP contribution in [0, 0.1) is 5.92 Å². The van der Waals surface area contributed by atoms with Crippen molar-refractivity contribution in [1.29, 1.82) is 0 Å². The number of nitrogens with zero attached hydrogens (tertiary/aromatic N) is 1. The number of hydrogen-bond donors (Lipinski definition) is 1. The van der Waals surface area contributed by atoms with Crippen molar-refractivity contribution < 1.29 is 4.79 Å². The molecule has 2 aliphatic rings. The molecule has 1 aliphatic carbocycles. The van der Waals surface area contributed by atoms with Gasteiger partial charge in [-0.1, -0.05) is 20.8 Å². The fourth-order valence-corrected chi connectivity index (χ4v) is 3.10. The van der Waals surface area contributed by atoms with E-state index in [1.54, 1.807) is 11.8 Å². The third kappa shape index (κ3) is 6.68. The zero-order chi connectivity index (χ0) is 13.9. The number of carbonyl (C=O) groups is 1. The van der Waals surface area contributed by atoms with E-state index in [-0.39, 0.29) is 17.2 Å². The minimum atomic E-state index is 0. The SMILES string of the molecule is CC(C)(C)SCC(=O)N1CCC(NCC2CC2)CC1.Cl. The van der Waals surface area contributed by atoms with E-state index in [9.17, 15) is 4.79 Å². The highest BCUT2D eigenvalue weighted by molar-refractivity contribution is 8.01. The van der Waals surface area contributed by atoms with Crippen LogP contribution in [0.5, 0.6) is 0 Å². The van der Waals surface area contributed by atoms with Gasteiger partial charge in [-0.2, -0.15) is 0 Å². The number of likely N-dealkylation sites (tertiary alicyclic amines) is 1. The molecule has 0 atom stereocenters. The Morgan fingerprint density at radius 2 is 1.80 bits per heavy atom. The van der Waals surface area contributed by atoms with Crippen molar-refractivity contribution in [3.63, 3.8) is 0 Å². The molecule has 0 aromatic carbocycles. The Morgan fingerprint density at radius 3 is 2.30 bits per heavy atom. The Morgan fingerprint density at radius 1 is 1.20 bits per heavy atom. The summed E-state index contributed by atoms with van der Waals surface area (Å²) in [6.07, 6.45) is 5.07. The average molecular weight is 321 g/mol. The second-order valence-electron chi connectivity index (χ2n) is 6.91. The predicted octanol–water partition coefficient (Wildman–Crippen LogP) is 2.93. The number of hydrogen-bond acceptors (Lipinski definition) is 3. The van der Waals surface area contributed by atoms with Gasteiger partial charge in [-0.3, -0.25) is 4.79 Å². The molecule has 0 spiro atoms. The first-order chi connectivity index (χ1) is 8.94. The molecular weight excluding hydrogens is 292 g/mol. The summed E-state index contributed by atoms with van der Waals surface area (Å²) in [5.74, 6) is 1.90. The third-order valence-corrected chi connectivity index (χ3v) is 5.13. The summed E-state index contributed by atoms with van der Waals surface area (Å²) in [7, 11) is 0. The topological polar surface area (TPSA) is 32.3 Å². The quantitative estimate of drug-likeness (QED) is 0.845. The van der Waals surface area contributed by atoms with Crippen LogP contribution < -0.4 is 5.32 Å². The van der Waals surface area contributed by atoms with E-state index in [0.29, 0.717) is 17.7 Å². The number of carbonyl (C=O) groups excluding carboxylic acids is 1. The van der Waals surface area contributed by atoms with Crippen molar-refractivity contribution >= 4 is 30.1 Å². The molecule has 0 radical (unpaired) electrons. The minimum Gasteiger partial charge on any atom is -0.342 e. The highest BCUT2D eigenvalue weighted by atomic mass is 35.5. The molecule has 0 unspecified atom stereocenters. The first kappa shape index (κ1) is 18.1. The minimum absolute atomic E-state index is 0. The van der Waals surface area contributed by atoms with E-state index in [1.807, 2.05) is 4.90 Å². The maximum atomic E-state index is 12.1. The lowest BCUT2D eigenvalue weighted by atomic mass is 10.0. The molecule has 1 N–H and O–H groups in total. The van der Waals surface area contributed by atoms with Crippen molar-refractivity contribution in [2.24, 2.45) is 5.92 Å². The number of piperidine rings is 1. The lowest BCUT2D eigenvalue weighted by molar-refractivity contribution is -0.129. The highest BCUT2D eigenvalue weighted by Crippen LogP contribution is 2.28. The van der Waals surface area contributed by atoms with E-state index in [1.165, 1.54) is 19.4 Å². The average Bonchev–Trinajstić information content (AvgIpc) is 3.17. The molecule has 2 rings (SSSR count). The summed E-state index contributed by atoms with van der Waals surface area (Å²) in [4.78, 5) is 14.2. The summed E-state index contributed by atoms with van der Waals surface area (Å²) in [6, 6.07) is 0.639. The summed E-state index contributed by atoms with van der Waals surface area (Å²) in [6.45, 7) is 9.56. The van der Waals surface area contributed by atoms with Crippen molar-refractivity contribution in [3.8, 4) is 0 Å².